The van der Waals surface area contributed by atoms with Crippen LogP contribution in [0.1, 0.15) is 31.9 Å². The smallest absolute Gasteiger partial charge is 0.326 e. The molecule has 0 saturated heterocycles. The van der Waals surface area contributed by atoms with Crippen molar-refractivity contribution in [3.05, 3.63) is 29.3 Å². The zero-order valence-electron chi connectivity index (χ0n) is 12.6. The van der Waals surface area contributed by atoms with Crippen LogP contribution in [-0.4, -0.2) is 17.5 Å². The Bertz CT molecular complexity index is 486. The van der Waals surface area contributed by atoms with E-state index in [-0.39, 0.29) is 29.9 Å². The highest BCUT2D eigenvalue weighted by atomic mass is 35.5. The maximum absolute atomic E-state index is 11.8. The summed E-state index contributed by atoms with van der Waals surface area (Å²) in [6.07, 6.45) is 0. The Balaban J connectivity index is 0.00000361. The van der Waals surface area contributed by atoms with Crippen LogP contribution in [0.15, 0.2) is 23.2 Å². The Morgan fingerprint density at radius 3 is 2.15 bits per heavy atom. The van der Waals surface area contributed by atoms with E-state index in [4.69, 9.17) is 5.73 Å². The normalized spacial score (nSPS) is 11.6. The fourth-order valence-electron chi connectivity index (χ4n) is 1.66. The molecule has 0 atom stereocenters. The first-order valence-corrected chi connectivity index (χ1v) is 6.18. The van der Waals surface area contributed by atoms with E-state index in [2.05, 4.69) is 15.6 Å². The summed E-state index contributed by atoms with van der Waals surface area (Å²) in [6, 6.07) is 5.44. The monoisotopic (exact) mass is 298 g/mol. The van der Waals surface area contributed by atoms with Crippen molar-refractivity contribution in [1.82, 2.24) is 5.32 Å². The number of para-hydroxylation sites is 1. The molecule has 0 spiro atoms. The minimum atomic E-state index is -0.386. The molecule has 0 bridgehead atoms. The Morgan fingerprint density at radius 2 is 1.70 bits per heavy atom. The van der Waals surface area contributed by atoms with Gasteiger partial charge in [0.05, 0.1) is 5.54 Å². The molecule has 0 radical (unpaired) electrons. The molecule has 0 aliphatic carbocycles. The Kier molecular flexibility index (Phi) is 6.52. The summed E-state index contributed by atoms with van der Waals surface area (Å²) < 4.78 is 0. The zero-order valence-corrected chi connectivity index (χ0v) is 13.4. The van der Waals surface area contributed by atoms with Gasteiger partial charge < -0.3 is 11.1 Å². The molecular weight excluding hydrogens is 276 g/mol. The minimum Gasteiger partial charge on any atom is -0.370 e. The number of amides is 2. The average molecular weight is 299 g/mol. The summed E-state index contributed by atoms with van der Waals surface area (Å²) in [5.41, 5.74) is 8.14. The van der Waals surface area contributed by atoms with Crippen molar-refractivity contribution >= 4 is 30.1 Å². The lowest BCUT2D eigenvalue weighted by Gasteiger charge is -2.15. The highest BCUT2D eigenvalue weighted by Crippen LogP contribution is 2.18. The van der Waals surface area contributed by atoms with Crippen molar-refractivity contribution in [2.75, 3.05) is 5.32 Å². The number of benzene rings is 1. The van der Waals surface area contributed by atoms with Gasteiger partial charge in [-0.15, -0.1) is 12.4 Å². The van der Waals surface area contributed by atoms with E-state index >= 15 is 0 Å². The number of aliphatic imine (C=N–C) groups is 1. The number of guanidine groups is 1. The van der Waals surface area contributed by atoms with Crippen molar-refractivity contribution < 1.29 is 4.79 Å². The molecular formula is C14H23ClN4O. The maximum atomic E-state index is 11.8. The van der Waals surface area contributed by atoms with Crippen LogP contribution in [0.4, 0.5) is 10.5 Å². The van der Waals surface area contributed by atoms with Gasteiger partial charge in [0.1, 0.15) is 0 Å². The van der Waals surface area contributed by atoms with Gasteiger partial charge in [-0.1, -0.05) is 18.2 Å². The number of nitrogens with two attached hydrogens (primary N) is 1. The van der Waals surface area contributed by atoms with Gasteiger partial charge in [0.25, 0.3) is 0 Å². The Morgan fingerprint density at radius 1 is 1.20 bits per heavy atom. The summed E-state index contributed by atoms with van der Waals surface area (Å²) in [5.74, 6) is 0.108. The van der Waals surface area contributed by atoms with Crippen LogP contribution in [0.3, 0.4) is 0 Å². The van der Waals surface area contributed by atoms with Crippen LogP contribution in [0.2, 0.25) is 0 Å². The summed E-state index contributed by atoms with van der Waals surface area (Å²) in [5, 5.41) is 5.30. The third-order valence-corrected chi connectivity index (χ3v) is 2.42. The van der Waals surface area contributed by atoms with E-state index < -0.39 is 0 Å². The number of carbonyl (C=O) groups excluding carboxylic acids is 1. The van der Waals surface area contributed by atoms with E-state index in [9.17, 15) is 4.79 Å². The van der Waals surface area contributed by atoms with Crippen LogP contribution >= 0.6 is 12.4 Å². The van der Waals surface area contributed by atoms with E-state index in [1.807, 2.05) is 52.8 Å². The number of hydrogen-bond acceptors (Lipinski definition) is 2. The van der Waals surface area contributed by atoms with Gasteiger partial charge in [-0.3, -0.25) is 5.32 Å². The van der Waals surface area contributed by atoms with Gasteiger partial charge in [-0.2, -0.15) is 0 Å². The molecule has 1 aromatic carbocycles. The third-order valence-electron chi connectivity index (χ3n) is 2.42. The molecule has 0 unspecified atom stereocenters. The third kappa shape index (κ3) is 5.93. The summed E-state index contributed by atoms with van der Waals surface area (Å²) in [7, 11) is 0. The lowest BCUT2D eigenvalue weighted by molar-refractivity contribution is 0.256. The molecule has 20 heavy (non-hydrogen) atoms. The molecule has 0 fully saturated rings. The molecule has 0 aliphatic rings. The first kappa shape index (κ1) is 18.2. The number of anilines is 1. The quantitative estimate of drug-likeness (QED) is 0.550. The molecule has 6 heteroatoms. The number of aryl methyl sites for hydroxylation is 2. The lowest BCUT2D eigenvalue weighted by atomic mass is 10.1. The molecule has 5 nitrogen and oxygen atoms in total. The molecule has 1 rings (SSSR count). The predicted molar refractivity (Wildman–Crippen MR) is 86.7 cm³/mol. The second-order valence-electron chi connectivity index (χ2n) is 5.51. The summed E-state index contributed by atoms with van der Waals surface area (Å²) in [6.45, 7) is 9.60. The highest BCUT2D eigenvalue weighted by molar-refractivity contribution is 6.02. The molecule has 0 aromatic heterocycles. The number of nitrogens with zero attached hydrogens (tertiary/aromatic N) is 1. The van der Waals surface area contributed by atoms with E-state index in [0.717, 1.165) is 16.8 Å². The van der Waals surface area contributed by atoms with Crippen LogP contribution in [0.25, 0.3) is 0 Å². The molecule has 2 amide bonds. The van der Waals surface area contributed by atoms with Gasteiger partial charge in [0, 0.05) is 5.69 Å². The molecule has 0 heterocycles. The van der Waals surface area contributed by atoms with Crippen LogP contribution in [0.5, 0.6) is 0 Å². The number of halogens is 1. The number of carbonyl (C=O) groups is 1. The Labute approximate surface area is 126 Å². The number of urea groups is 1. The van der Waals surface area contributed by atoms with Crippen molar-refractivity contribution in [3.8, 4) is 0 Å². The van der Waals surface area contributed by atoms with Gasteiger partial charge in [-0.25, -0.2) is 9.79 Å². The average Bonchev–Trinajstić information content (AvgIpc) is 2.20. The first-order chi connectivity index (χ1) is 8.69. The maximum Gasteiger partial charge on any atom is 0.326 e. The van der Waals surface area contributed by atoms with Crippen LogP contribution < -0.4 is 16.4 Å². The van der Waals surface area contributed by atoms with Gasteiger partial charge in [0.2, 0.25) is 0 Å². The standard InChI is InChI=1S/C14H22N4O.ClH/c1-9-7-6-8-10(2)11(9)16-13(19)17-12(15)18-14(3,4)5;/h6-8H,1-5H3,(H4,15,16,17,18,19);1H. The second kappa shape index (κ2) is 7.14. The molecule has 0 saturated carbocycles. The minimum absolute atomic E-state index is 0. The van der Waals surface area contributed by atoms with Gasteiger partial charge in [-0.05, 0) is 45.7 Å². The van der Waals surface area contributed by atoms with Crippen molar-refractivity contribution in [3.63, 3.8) is 0 Å². The number of nitrogens with one attached hydrogen (secondary N) is 2. The lowest BCUT2D eigenvalue weighted by Crippen LogP contribution is -2.41. The van der Waals surface area contributed by atoms with Crippen LogP contribution in [0, 0.1) is 13.8 Å². The summed E-state index contributed by atoms with van der Waals surface area (Å²) >= 11 is 0. The largest absolute Gasteiger partial charge is 0.370 e. The molecule has 1 aromatic rings. The zero-order chi connectivity index (χ0) is 14.6. The van der Waals surface area contributed by atoms with Gasteiger partial charge in [0.15, 0.2) is 5.96 Å². The van der Waals surface area contributed by atoms with E-state index in [1.165, 1.54) is 0 Å². The fourth-order valence-corrected chi connectivity index (χ4v) is 1.66. The van der Waals surface area contributed by atoms with Crippen LogP contribution in [-0.2, 0) is 0 Å². The fraction of sp³-hybridized carbons (Fsp3) is 0.429. The second-order valence-corrected chi connectivity index (χ2v) is 5.51. The predicted octanol–water partition coefficient (Wildman–Crippen LogP) is 2.96. The number of rotatable bonds is 1. The van der Waals surface area contributed by atoms with Crippen molar-refractivity contribution in [1.29, 1.82) is 0 Å². The van der Waals surface area contributed by atoms with E-state index in [0.29, 0.717) is 0 Å². The van der Waals surface area contributed by atoms with Gasteiger partial charge >= 0.3 is 6.03 Å². The molecule has 112 valence electrons. The summed E-state index contributed by atoms with van der Waals surface area (Å²) in [4.78, 5) is 16.0. The topological polar surface area (TPSA) is 79.5 Å². The number of hydrogen-bond donors (Lipinski definition) is 3. The van der Waals surface area contributed by atoms with Crippen molar-refractivity contribution in [2.45, 2.75) is 40.2 Å². The highest BCUT2D eigenvalue weighted by Gasteiger charge is 2.11. The molecule has 4 N–H and O–H groups in total. The molecule has 0 aliphatic heterocycles. The van der Waals surface area contributed by atoms with Crippen molar-refractivity contribution in [2.24, 2.45) is 10.7 Å². The van der Waals surface area contributed by atoms with E-state index in [1.54, 1.807) is 0 Å². The Hall–Kier alpha value is -1.75. The first-order valence-electron chi connectivity index (χ1n) is 6.18. The SMILES string of the molecule is Cc1cccc(C)c1NC(=O)NC(N)=NC(C)(C)C.Cl.